The summed E-state index contributed by atoms with van der Waals surface area (Å²) in [6.07, 6.45) is 1.66. The van der Waals surface area contributed by atoms with Crippen LogP contribution in [0.2, 0.25) is 5.02 Å². The van der Waals surface area contributed by atoms with Gasteiger partial charge in [0, 0.05) is 22.3 Å². The SMILES string of the molecule is C=CCOc1cccc(NC(=S)NC(=O)c2ccc(Cl)cc2)c1. The first kappa shape index (κ1) is 17.0. The smallest absolute Gasteiger partial charge is 0.257 e. The Kier molecular flexibility index (Phi) is 6.14. The minimum absolute atomic E-state index is 0.200. The fraction of sp³-hybridized carbons (Fsp3) is 0.0588. The molecule has 0 aliphatic carbocycles. The van der Waals surface area contributed by atoms with Gasteiger partial charge in [0.2, 0.25) is 0 Å². The maximum atomic E-state index is 12.0. The minimum atomic E-state index is -0.307. The Labute approximate surface area is 145 Å². The van der Waals surface area contributed by atoms with Gasteiger partial charge >= 0.3 is 0 Å². The summed E-state index contributed by atoms with van der Waals surface area (Å²) in [5.74, 6) is 0.375. The number of anilines is 1. The second-order valence-electron chi connectivity index (χ2n) is 4.54. The first-order chi connectivity index (χ1) is 11.1. The summed E-state index contributed by atoms with van der Waals surface area (Å²) in [5, 5.41) is 6.31. The molecule has 0 saturated carbocycles. The number of carbonyl (C=O) groups is 1. The molecule has 2 aromatic rings. The third-order valence-electron chi connectivity index (χ3n) is 2.79. The molecule has 1 amide bonds. The molecule has 0 aromatic heterocycles. The Morgan fingerprint density at radius 2 is 2.00 bits per heavy atom. The van der Waals surface area contributed by atoms with Crippen LogP contribution in [0.15, 0.2) is 61.2 Å². The summed E-state index contributed by atoms with van der Waals surface area (Å²) < 4.78 is 5.44. The standard InChI is InChI=1S/C17H15ClN2O2S/c1-2-10-22-15-5-3-4-14(11-15)19-17(23)20-16(21)12-6-8-13(18)9-7-12/h2-9,11H,1,10H2,(H2,19,20,21,23). The lowest BCUT2D eigenvalue weighted by Gasteiger charge is -2.11. The molecule has 0 bridgehead atoms. The van der Waals surface area contributed by atoms with Crippen LogP contribution < -0.4 is 15.4 Å². The van der Waals surface area contributed by atoms with Crippen molar-refractivity contribution in [3.8, 4) is 5.75 Å². The van der Waals surface area contributed by atoms with Gasteiger partial charge in [-0.2, -0.15) is 0 Å². The van der Waals surface area contributed by atoms with Crippen molar-refractivity contribution in [3.63, 3.8) is 0 Å². The molecular weight excluding hydrogens is 332 g/mol. The molecule has 118 valence electrons. The van der Waals surface area contributed by atoms with E-state index >= 15 is 0 Å². The van der Waals surface area contributed by atoms with E-state index in [0.717, 1.165) is 0 Å². The van der Waals surface area contributed by atoms with Gasteiger partial charge in [0.25, 0.3) is 5.91 Å². The monoisotopic (exact) mass is 346 g/mol. The van der Waals surface area contributed by atoms with Crippen LogP contribution in [0.4, 0.5) is 5.69 Å². The van der Waals surface area contributed by atoms with Crippen molar-refractivity contribution in [2.75, 3.05) is 11.9 Å². The summed E-state index contributed by atoms with van der Waals surface area (Å²) in [4.78, 5) is 12.0. The zero-order valence-corrected chi connectivity index (χ0v) is 13.8. The first-order valence-corrected chi connectivity index (χ1v) is 7.59. The predicted molar refractivity (Wildman–Crippen MR) is 97.3 cm³/mol. The van der Waals surface area contributed by atoms with Crippen LogP contribution in [0.25, 0.3) is 0 Å². The van der Waals surface area contributed by atoms with Crippen molar-refractivity contribution in [1.82, 2.24) is 5.32 Å². The van der Waals surface area contributed by atoms with Crippen LogP contribution in [-0.2, 0) is 0 Å². The van der Waals surface area contributed by atoms with Crippen LogP contribution in [0, 0.1) is 0 Å². The number of halogens is 1. The molecule has 0 unspecified atom stereocenters. The number of hydrogen-bond donors (Lipinski definition) is 2. The topological polar surface area (TPSA) is 50.4 Å². The molecule has 0 fully saturated rings. The lowest BCUT2D eigenvalue weighted by Crippen LogP contribution is -2.34. The van der Waals surface area contributed by atoms with E-state index in [4.69, 9.17) is 28.6 Å². The fourth-order valence-electron chi connectivity index (χ4n) is 1.76. The van der Waals surface area contributed by atoms with E-state index in [1.54, 1.807) is 36.4 Å². The van der Waals surface area contributed by atoms with Gasteiger partial charge in [0.1, 0.15) is 12.4 Å². The van der Waals surface area contributed by atoms with Crippen molar-refractivity contribution in [2.24, 2.45) is 0 Å². The van der Waals surface area contributed by atoms with Crippen LogP contribution in [0.5, 0.6) is 5.75 Å². The van der Waals surface area contributed by atoms with Gasteiger partial charge in [-0.1, -0.05) is 30.3 Å². The van der Waals surface area contributed by atoms with Crippen LogP contribution >= 0.6 is 23.8 Å². The molecule has 0 atom stereocenters. The molecule has 2 rings (SSSR count). The van der Waals surface area contributed by atoms with E-state index in [9.17, 15) is 4.79 Å². The van der Waals surface area contributed by atoms with Crippen LogP contribution in [0.1, 0.15) is 10.4 Å². The van der Waals surface area contributed by atoms with Gasteiger partial charge in [-0.3, -0.25) is 10.1 Å². The Morgan fingerprint density at radius 3 is 2.70 bits per heavy atom. The van der Waals surface area contributed by atoms with Crippen LogP contribution in [-0.4, -0.2) is 17.6 Å². The van der Waals surface area contributed by atoms with Crippen molar-refractivity contribution in [2.45, 2.75) is 0 Å². The molecular formula is C17H15ClN2O2S. The molecule has 23 heavy (non-hydrogen) atoms. The molecule has 2 aromatic carbocycles. The van der Waals surface area contributed by atoms with Gasteiger partial charge in [0.15, 0.2) is 5.11 Å². The molecule has 0 aliphatic rings. The van der Waals surface area contributed by atoms with E-state index in [1.807, 2.05) is 18.2 Å². The Bertz CT molecular complexity index is 717. The van der Waals surface area contributed by atoms with Gasteiger partial charge in [0.05, 0.1) is 0 Å². The Morgan fingerprint density at radius 1 is 1.26 bits per heavy atom. The summed E-state index contributed by atoms with van der Waals surface area (Å²) in [5.41, 5.74) is 1.19. The van der Waals surface area contributed by atoms with Crippen LogP contribution in [0.3, 0.4) is 0 Å². The summed E-state index contributed by atoms with van der Waals surface area (Å²) >= 11 is 10.9. The highest BCUT2D eigenvalue weighted by Crippen LogP contribution is 2.17. The van der Waals surface area contributed by atoms with Gasteiger partial charge in [-0.15, -0.1) is 0 Å². The number of carbonyl (C=O) groups excluding carboxylic acids is 1. The predicted octanol–water partition coefficient (Wildman–Crippen LogP) is 4.03. The molecule has 0 aliphatic heterocycles. The van der Waals surface area contributed by atoms with E-state index in [2.05, 4.69) is 17.2 Å². The third kappa shape index (κ3) is 5.39. The van der Waals surface area contributed by atoms with Gasteiger partial charge < -0.3 is 10.1 Å². The number of ether oxygens (including phenoxy) is 1. The number of thiocarbonyl (C=S) groups is 1. The Balaban J connectivity index is 1.95. The fourth-order valence-corrected chi connectivity index (χ4v) is 2.09. The largest absolute Gasteiger partial charge is 0.489 e. The second-order valence-corrected chi connectivity index (χ2v) is 5.39. The molecule has 0 heterocycles. The number of amides is 1. The maximum absolute atomic E-state index is 12.0. The molecule has 2 N–H and O–H groups in total. The molecule has 0 saturated heterocycles. The van der Waals surface area contributed by atoms with Gasteiger partial charge in [-0.05, 0) is 48.6 Å². The van der Waals surface area contributed by atoms with E-state index in [0.29, 0.717) is 28.6 Å². The van der Waals surface area contributed by atoms with Gasteiger partial charge in [-0.25, -0.2) is 0 Å². The number of benzene rings is 2. The molecule has 4 nitrogen and oxygen atoms in total. The molecule has 6 heteroatoms. The zero-order chi connectivity index (χ0) is 16.7. The summed E-state index contributed by atoms with van der Waals surface area (Å²) in [6.45, 7) is 4.01. The number of nitrogens with one attached hydrogen (secondary N) is 2. The maximum Gasteiger partial charge on any atom is 0.257 e. The highest BCUT2D eigenvalue weighted by atomic mass is 35.5. The highest BCUT2D eigenvalue weighted by molar-refractivity contribution is 7.80. The van der Waals surface area contributed by atoms with Crippen molar-refractivity contribution < 1.29 is 9.53 Å². The van der Waals surface area contributed by atoms with Crippen molar-refractivity contribution in [3.05, 3.63) is 71.8 Å². The quantitative estimate of drug-likeness (QED) is 0.634. The molecule has 0 spiro atoms. The lowest BCUT2D eigenvalue weighted by molar-refractivity contribution is 0.0978. The van der Waals surface area contributed by atoms with E-state index in [1.165, 1.54) is 0 Å². The van der Waals surface area contributed by atoms with Crippen molar-refractivity contribution in [1.29, 1.82) is 0 Å². The van der Waals surface area contributed by atoms with E-state index < -0.39 is 0 Å². The van der Waals surface area contributed by atoms with E-state index in [-0.39, 0.29) is 11.0 Å². The zero-order valence-electron chi connectivity index (χ0n) is 12.2. The summed E-state index contributed by atoms with van der Waals surface area (Å²) in [7, 11) is 0. The average Bonchev–Trinajstić information content (AvgIpc) is 2.53. The second kappa shape index (κ2) is 8.31. The third-order valence-corrected chi connectivity index (χ3v) is 3.25. The summed E-state index contributed by atoms with van der Waals surface area (Å²) in [6, 6.07) is 13.8. The number of hydrogen-bond acceptors (Lipinski definition) is 3. The average molecular weight is 347 g/mol. The lowest BCUT2D eigenvalue weighted by atomic mass is 10.2. The highest BCUT2D eigenvalue weighted by Gasteiger charge is 2.08. The normalized spacial score (nSPS) is 9.78. The minimum Gasteiger partial charge on any atom is -0.489 e. The molecule has 0 radical (unpaired) electrons. The Hall–Kier alpha value is -2.37. The number of rotatable bonds is 5. The first-order valence-electron chi connectivity index (χ1n) is 6.80. The van der Waals surface area contributed by atoms with Crippen molar-refractivity contribution >= 4 is 40.5 Å².